The highest BCUT2D eigenvalue weighted by Crippen LogP contribution is 2.46. The number of amides is 4. The molecular formula is C56H69F3N8O6. The Hall–Kier alpha value is -6.80. The molecule has 0 bridgehead atoms. The molecule has 4 N–H and O–H groups in total. The molecule has 3 unspecified atom stereocenters. The molecule has 1 aromatic heterocycles. The van der Waals surface area contributed by atoms with Gasteiger partial charge in [0, 0.05) is 93.3 Å². The van der Waals surface area contributed by atoms with Gasteiger partial charge in [-0.1, -0.05) is 43.7 Å². The van der Waals surface area contributed by atoms with Crippen LogP contribution in [0.15, 0.2) is 90.2 Å². The SMILES string of the molecule is CC/C(=C\C=C(/C)C(C)C(=O)NC)N(C)CCC(C)CN1CCC(C(=O)NCCOc2ccc3c(c2)C(C(=O)N2CCC(Oc4ccccc4-c4cc5c(C#N)cccc5[nH]4)(C(F)(F)F)CC2)CC(=O)N3)CC1. The lowest BCUT2D eigenvalue weighted by Crippen LogP contribution is -2.58. The standard InChI is InChI=1S/C56H69F3N8O6/c1-7-41(16-15-37(3)38(4)52(69)61-5)65(6)25-19-36(2)35-66-26-20-39(21-27-66)53(70)62-24-30-72-42-17-18-48-45(31-42)46(33-51(68)64-48)54(71)67-28-22-55(23-29-67,56(57,58)59)73-50-14-9-8-12-43(50)49-32-44-40(34-60)11-10-13-47(44)63-49/h8-18,31-32,36,38-39,46,63H,7,19-30,33,35H2,1-6H3,(H,61,69)(H,62,70)(H,64,68)/b37-15+,41-16+. The number of nitriles is 1. The van der Waals surface area contributed by atoms with Crippen molar-refractivity contribution in [3.05, 3.63) is 101 Å². The van der Waals surface area contributed by atoms with Crippen molar-refractivity contribution in [2.24, 2.45) is 17.8 Å². The zero-order valence-electron chi connectivity index (χ0n) is 42.8. The van der Waals surface area contributed by atoms with E-state index in [1.54, 1.807) is 67.7 Å². The number of likely N-dealkylation sites (tertiary alicyclic amines) is 2. The summed E-state index contributed by atoms with van der Waals surface area (Å²) in [7, 11) is 3.77. The summed E-state index contributed by atoms with van der Waals surface area (Å²) in [4.78, 5) is 61.6. The van der Waals surface area contributed by atoms with Crippen LogP contribution in [0.4, 0.5) is 18.9 Å². The summed E-state index contributed by atoms with van der Waals surface area (Å²) in [6, 6.07) is 20.5. The quantitative estimate of drug-likeness (QED) is 0.0529. The molecule has 4 heterocycles. The number of hydrogen-bond acceptors (Lipinski definition) is 9. The summed E-state index contributed by atoms with van der Waals surface area (Å²) >= 11 is 0. The molecule has 4 aromatic rings. The van der Waals surface area contributed by atoms with Crippen molar-refractivity contribution in [2.45, 2.75) is 90.3 Å². The van der Waals surface area contributed by atoms with Crippen molar-refractivity contribution in [3.63, 3.8) is 0 Å². The van der Waals surface area contributed by atoms with Crippen LogP contribution in [0, 0.1) is 29.1 Å². The van der Waals surface area contributed by atoms with Crippen LogP contribution in [0.1, 0.15) is 89.7 Å². The highest BCUT2D eigenvalue weighted by Gasteiger charge is 2.59. The van der Waals surface area contributed by atoms with Gasteiger partial charge in [0.15, 0.2) is 0 Å². The highest BCUT2D eigenvalue weighted by molar-refractivity contribution is 6.01. The molecule has 14 nitrogen and oxygen atoms in total. The number of halogens is 3. The molecule has 73 heavy (non-hydrogen) atoms. The molecule has 2 saturated heterocycles. The fraction of sp³-hybridized carbons (Fsp3) is 0.482. The number of ether oxygens (including phenoxy) is 2. The lowest BCUT2D eigenvalue weighted by Gasteiger charge is -2.43. The van der Waals surface area contributed by atoms with Crippen molar-refractivity contribution in [3.8, 4) is 28.8 Å². The molecule has 0 saturated carbocycles. The summed E-state index contributed by atoms with van der Waals surface area (Å²) in [6.45, 7) is 11.8. The molecule has 0 spiro atoms. The van der Waals surface area contributed by atoms with E-state index in [0.717, 1.165) is 57.4 Å². The topological polar surface area (TPSA) is 172 Å². The third kappa shape index (κ3) is 12.9. The van der Waals surface area contributed by atoms with Gasteiger partial charge in [-0.05, 0) is 119 Å². The minimum atomic E-state index is -4.78. The second kappa shape index (κ2) is 23.8. The number of fused-ring (bicyclic) bond motifs is 2. The number of alkyl halides is 3. The molecular weight excluding hydrogens is 938 g/mol. The van der Waals surface area contributed by atoms with Crippen LogP contribution >= 0.6 is 0 Å². The summed E-state index contributed by atoms with van der Waals surface area (Å²) in [5, 5.41) is 18.8. The zero-order valence-corrected chi connectivity index (χ0v) is 42.8. The van der Waals surface area contributed by atoms with E-state index < -0.39 is 36.4 Å². The van der Waals surface area contributed by atoms with E-state index in [1.807, 2.05) is 19.9 Å². The van der Waals surface area contributed by atoms with E-state index in [2.05, 4.69) is 63.8 Å². The Bertz CT molecular complexity index is 2730. The first-order valence-corrected chi connectivity index (χ1v) is 25.5. The molecule has 7 rings (SSSR count). The lowest BCUT2D eigenvalue weighted by molar-refractivity contribution is -0.260. The first kappa shape index (κ1) is 54.0. The summed E-state index contributed by atoms with van der Waals surface area (Å²) < 4.78 is 57.4. The van der Waals surface area contributed by atoms with Crippen molar-refractivity contribution >= 4 is 40.2 Å². The summed E-state index contributed by atoms with van der Waals surface area (Å²) in [5.41, 5.74) is 2.56. The number of aromatic amines is 1. The normalized spacial score (nSPS) is 18.5. The fourth-order valence-electron chi connectivity index (χ4n) is 10.2. The molecule has 17 heteroatoms. The van der Waals surface area contributed by atoms with Gasteiger partial charge in [0.1, 0.15) is 18.1 Å². The highest BCUT2D eigenvalue weighted by atomic mass is 19.4. The van der Waals surface area contributed by atoms with Gasteiger partial charge in [-0.15, -0.1) is 0 Å². The van der Waals surface area contributed by atoms with Crippen molar-refractivity contribution in [1.82, 2.24) is 30.3 Å². The molecule has 3 aliphatic heterocycles. The molecule has 3 atom stereocenters. The van der Waals surface area contributed by atoms with Crippen LogP contribution in [0.5, 0.6) is 11.5 Å². The number of aromatic nitrogens is 1. The van der Waals surface area contributed by atoms with E-state index in [4.69, 9.17) is 9.47 Å². The first-order valence-electron chi connectivity index (χ1n) is 25.5. The maximum Gasteiger partial charge on any atom is 0.428 e. The second-order valence-corrected chi connectivity index (χ2v) is 19.8. The number of piperidine rings is 2. The maximum absolute atomic E-state index is 15.1. The number of benzene rings is 3. The van der Waals surface area contributed by atoms with Gasteiger partial charge in [0.2, 0.25) is 29.2 Å². The van der Waals surface area contributed by atoms with Gasteiger partial charge < -0.3 is 45.1 Å². The van der Waals surface area contributed by atoms with Gasteiger partial charge in [0.25, 0.3) is 0 Å². The molecule has 3 aromatic carbocycles. The maximum atomic E-state index is 15.1. The smallest absolute Gasteiger partial charge is 0.428 e. The number of rotatable bonds is 19. The van der Waals surface area contributed by atoms with Crippen molar-refractivity contribution in [2.75, 3.05) is 71.8 Å². The van der Waals surface area contributed by atoms with Crippen LogP contribution in [0.2, 0.25) is 0 Å². The van der Waals surface area contributed by atoms with Crippen molar-refractivity contribution in [1.29, 1.82) is 5.26 Å². The number of para-hydroxylation sites is 1. The lowest BCUT2D eigenvalue weighted by atomic mass is 9.86. The predicted octanol–water partition coefficient (Wildman–Crippen LogP) is 8.92. The summed E-state index contributed by atoms with van der Waals surface area (Å²) in [5.74, 6) is -1.15. The number of H-pyrrole nitrogens is 1. The number of allylic oxidation sites excluding steroid dienone is 3. The van der Waals surface area contributed by atoms with E-state index in [1.165, 1.54) is 16.7 Å². The largest absolute Gasteiger partial charge is 0.492 e. The van der Waals surface area contributed by atoms with Crippen LogP contribution < -0.4 is 25.4 Å². The second-order valence-electron chi connectivity index (χ2n) is 19.8. The van der Waals surface area contributed by atoms with E-state index >= 15 is 13.2 Å². The summed E-state index contributed by atoms with van der Waals surface area (Å²) in [6.07, 6.45) is 1.59. The molecule has 0 radical (unpaired) electrons. The number of nitrogens with one attached hydrogen (secondary N) is 4. The number of hydrogen-bond donors (Lipinski definition) is 4. The Morgan fingerprint density at radius 2 is 1.75 bits per heavy atom. The zero-order chi connectivity index (χ0) is 52.5. The molecule has 0 aliphatic carbocycles. The average molecular weight is 1010 g/mol. The molecule has 390 valence electrons. The third-order valence-corrected chi connectivity index (χ3v) is 14.9. The minimum absolute atomic E-state index is 0.00520. The van der Waals surface area contributed by atoms with E-state index in [9.17, 15) is 24.4 Å². The van der Waals surface area contributed by atoms with Gasteiger partial charge >= 0.3 is 6.18 Å². The van der Waals surface area contributed by atoms with E-state index in [0.29, 0.717) is 50.6 Å². The number of carbonyl (C=O) groups is 4. The fourth-order valence-corrected chi connectivity index (χ4v) is 10.2. The van der Waals surface area contributed by atoms with Crippen molar-refractivity contribution < 1.29 is 41.8 Å². The predicted molar refractivity (Wildman–Crippen MR) is 276 cm³/mol. The van der Waals surface area contributed by atoms with Gasteiger partial charge in [-0.2, -0.15) is 18.4 Å². The molecule has 2 fully saturated rings. The average Bonchev–Trinajstić information content (AvgIpc) is 3.83. The third-order valence-electron chi connectivity index (χ3n) is 14.9. The Balaban J connectivity index is 0.875. The number of nitrogens with zero attached hydrogens (tertiary/aromatic N) is 4. The van der Waals surface area contributed by atoms with Crippen LogP contribution in [0.25, 0.3) is 22.2 Å². The first-order chi connectivity index (χ1) is 34.9. The van der Waals surface area contributed by atoms with E-state index in [-0.39, 0.29) is 68.0 Å². The van der Waals surface area contributed by atoms with Gasteiger partial charge in [-0.25, -0.2) is 0 Å². The Kier molecular flexibility index (Phi) is 17.6. The number of carbonyl (C=O) groups excluding carboxylic acids is 4. The van der Waals surface area contributed by atoms with Crippen LogP contribution in [0.3, 0.4) is 0 Å². The monoisotopic (exact) mass is 1010 g/mol. The Labute approximate surface area is 426 Å². The Morgan fingerprint density at radius 3 is 2.45 bits per heavy atom. The van der Waals surface area contributed by atoms with Gasteiger partial charge in [-0.3, -0.25) is 19.2 Å². The molecule has 3 aliphatic rings. The van der Waals surface area contributed by atoms with Crippen LogP contribution in [-0.4, -0.2) is 122 Å². The minimum Gasteiger partial charge on any atom is -0.492 e. The van der Waals surface area contributed by atoms with Gasteiger partial charge in [0.05, 0.1) is 35.7 Å². The number of anilines is 1. The Morgan fingerprint density at radius 1 is 1.01 bits per heavy atom. The molecule has 4 amide bonds. The van der Waals surface area contributed by atoms with Crippen LogP contribution in [-0.2, 0) is 19.2 Å².